The van der Waals surface area contributed by atoms with E-state index in [9.17, 15) is 18.0 Å². The lowest BCUT2D eigenvalue weighted by Gasteiger charge is -2.29. The van der Waals surface area contributed by atoms with Gasteiger partial charge in [-0.05, 0) is 68.1 Å². The van der Waals surface area contributed by atoms with Crippen LogP contribution < -0.4 is 14.4 Å². The van der Waals surface area contributed by atoms with Gasteiger partial charge in [-0.25, -0.2) is 8.42 Å². The molecule has 2 rings (SSSR count). The van der Waals surface area contributed by atoms with E-state index in [1.54, 1.807) is 14.0 Å². The Kier molecular flexibility index (Phi) is 9.49. The molecule has 34 heavy (non-hydrogen) atoms. The smallest absolute Gasteiger partial charge is 0.242 e. The lowest BCUT2D eigenvalue weighted by atomic mass is 10.1. The zero-order valence-corrected chi connectivity index (χ0v) is 21.6. The summed E-state index contributed by atoms with van der Waals surface area (Å²) in [5, 5.41) is 2.59. The van der Waals surface area contributed by atoms with Crippen molar-refractivity contribution in [1.29, 1.82) is 0 Å². The standard InChI is InChI=1S/C25H35N3O5S/c1-18-13-19(2)15-22(14-18)28(34(6,31)32)12-8-11-24(29)27(20(3)25(30)26-4)17-21-9-7-10-23(16-21)33-5/h7,9-10,13-16,20H,8,11-12,17H2,1-6H3,(H,26,30)/t20-/m0/s1. The van der Waals surface area contributed by atoms with Crippen LogP contribution in [0.3, 0.4) is 0 Å². The highest BCUT2D eigenvalue weighted by Gasteiger charge is 2.26. The van der Waals surface area contributed by atoms with Crippen molar-refractivity contribution in [3.63, 3.8) is 0 Å². The zero-order chi connectivity index (χ0) is 25.5. The number of anilines is 1. The van der Waals surface area contributed by atoms with E-state index >= 15 is 0 Å². The second-order valence-electron chi connectivity index (χ2n) is 8.45. The third kappa shape index (κ3) is 7.48. The molecule has 0 fully saturated rings. The van der Waals surface area contributed by atoms with Crippen LogP contribution in [-0.2, 0) is 26.2 Å². The lowest BCUT2D eigenvalue weighted by molar-refractivity contribution is -0.140. The molecule has 1 N–H and O–H groups in total. The molecule has 2 amide bonds. The topological polar surface area (TPSA) is 96.0 Å². The van der Waals surface area contributed by atoms with Gasteiger partial charge < -0.3 is 15.0 Å². The summed E-state index contributed by atoms with van der Waals surface area (Å²) in [4.78, 5) is 27.0. The molecule has 0 aliphatic carbocycles. The molecule has 0 aromatic heterocycles. The van der Waals surface area contributed by atoms with Crippen molar-refractivity contribution in [1.82, 2.24) is 10.2 Å². The predicted molar refractivity (Wildman–Crippen MR) is 134 cm³/mol. The number of amides is 2. The minimum Gasteiger partial charge on any atom is -0.497 e. The van der Waals surface area contributed by atoms with Gasteiger partial charge in [0.1, 0.15) is 11.8 Å². The number of rotatable bonds is 11. The molecule has 0 aliphatic rings. The number of carbonyl (C=O) groups excluding carboxylic acids is 2. The molecule has 186 valence electrons. The minimum atomic E-state index is -3.53. The van der Waals surface area contributed by atoms with Crippen molar-refractivity contribution in [3.8, 4) is 5.75 Å². The Morgan fingerprint density at radius 1 is 1.09 bits per heavy atom. The number of nitrogens with one attached hydrogen (secondary N) is 1. The summed E-state index contributed by atoms with van der Waals surface area (Å²) in [7, 11) is -0.433. The van der Waals surface area contributed by atoms with E-state index in [4.69, 9.17) is 4.74 Å². The van der Waals surface area contributed by atoms with E-state index in [1.165, 1.54) is 16.3 Å². The Hall–Kier alpha value is -3.07. The Morgan fingerprint density at radius 2 is 1.74 bits per heavy atom. The highest BCUT2D eigenvalue weighted by Crippen LogP contribution is 2.22. The number of carbonyl (C=O) groups is 2. The molecule has 0 aliphatic heterocycles. The second-order valence-corrected chi connectivity index (χ2v) is 10.4. The summed E-state index contributed by atoms with van der Waals surface area (Å²) in [6, 6.07) is 12.3. The van der Waals surface area contributed by atoms with Crippen molar-refractivity contribution in [2.75, 3.05) is 31.3 Å². The summed E-state index contributed by atoms with van der Waals surface area (Å²) in [6.45, 7) is 5.90. The number of ether oxygens (including phenoxy) is 1. The van der Waals surface area contributed by atoms with Crippen LogP contribution >= 0.6 is 0 Å². The van der Waals surface area contributed by atoms with Crippen molar-refractivity contribution in [2.24, 2.45) is 0 Å². The van der Waals surface area contributed by atoms with Gasteiger partial charge in [0.2, 0.25) is 21.8 Å². The average Bonchev–Trinajstić information content (AvgIpc) is 2.77. The van der Waals surface area contributed by atoms with Crippen molar-refractivity contribution >= 4 is 27.5 Å². The first kappa shape index (κ1) is 27.2. The van der Waals surface area contributed by atoms with Gasteiger partial charge in [0, 0.05) is 26.6 Å². The Labute approximate surface area is 202 Å². The quantitative estimate of drug-likeness (QED) is 0.523. The van der Waals surface area contributed by atoms with Crippen LogP contribution in [0.1, 0.15) is 36.5 Å². The molecule has 0 radical (unpaired) electrons. The SMILES string of the molecule is CNC(=O)[C@H](C)N(Cc1cccc(OC)c1)C(=O)CCCN(c1cc(C)cc(C)c1)S(C)(=O)=O. The lowest BCUT2D eigenvalue weighted by Crippen LogP contribution is -2.46. The number of likely N-dealkylation sites (N-methyl/N-ethyl adjacent to an activating group) is 1. The van der Waals surface area contributed by atoms with Crippen molar-refractivity contribution in [2.45, 2.75) is 46.2 Å². The number of nitrogens with zero attached hydrogens (tertiary/aromatic N) is 2. The first-order valence-electron chi connectivity index (χ1n) is 11.2. The average molecular weight is 490 g/mol. The third-order valence-corrected chi connectivity index (χ3v) is 6.74. The van der Waals surface area contributed by atoms with Gasteiger partial charge >= 0.3 is 0 Å². The van der Waals surface area contributed by atoms with Gasteiger partial charge in [-0.3, -0.25) is 13.9 Å². The van der Waals surface area contributed by atoms with Crippen LogP contribution in [0.15, 0.2) is 42.5 Å². The molecular formula is C25H35N3O5S. The number of benzene rings is 2. The Morgan fingerprint density at radius 3 is 2.29 bits per heavy atom. The maximum absolute atomic E-state index is 13.2. The van der Waals surface area contributed by atoms with Crippen LogP contribution in [0.25, 0.3) is 0 Å². The van der Waals surface area contributed by atoms with E-state index in [1.807, 2.05) is 56.3 Å². The summed E-state index contributed by atoms with van der Waals surface area (Å²) in [6.07, 6.45) is 1.57. The molecule has 0 saturated heterocycles. The maximum Gasteiger partial charge on any atom is 0.242 e. The van der Waals surface area contributed by atoms with Crippen molar-refractivity contribution in [3.05, 3.63) is 59.2 Å². The number of sulfonamides is 1. The highest BCUT2D eigenvalue weighted by molar-refractivity contribution is 7.92. The van der Waals surface area contributed by atoms with Crippen molar-refractivity contribution < 1.29 is 22.7 Å². The number of hydrogen-bond donors (Lipinski definition) is 1. The van der Waals surface area contributed by atoms with Crippen LogP contribution in [0.4, 0.5) is 5.69 Å². The molecule has 0 unspecified atom stereocenters. The fourth-order valence-electron chi connectivity index (χ4n) is 3.86. The minimum absolute atomic E-state index is 0.0993. The number of hydrogen-bond acceptors (Lipinski definition) is 5. The highest BCUT2D eigenvalue weighted by atomic mass is 32.2. The van der Waals surface area contributed by atoms with Crippen LogP contribution in [0.5, 0.6) is 5.75 Å². The molecule has 1 atom stereocenters. The molecule has 0 spiro atoms. The molecular weight excluding hydrogens is 454 g/mol. The zero-order valence-electron chi connectivity index (χ0n) is 20.8. The van der Waals surface area contributed by atoms with E-state index in [0.29, 0.717) is 17.9 Å². The first-order valence-corrected chi connectivity index (χ1v) is 13.0. The van der Waals surface area contributed by atoms with E-state index in [-0.39, 0.29) is 31.3 Å². The molecule has 0 bridgehead atoms. The monoisotopic (exact) mass is 489 g/mol. The summed E-state index contributed by atoms with van der Waals surface area (Å²) >= 11 is 0. The van der Waals surface area contributed by atoms with E-state index < -0.39 is 16.1 Å². The van der Waals surface area contributed by atoms with Gasteiger partial charge in [-0.15, -0.1) is 0 Å². The van der Waals surface area contributed by atoms with Gasteiger partial charge in [-0.1, -0.05) is 18.2 Å². The number of methoxy groups -OCH3 is 1. The molecule has 2 aromatic carbocycles. The van der Waals surface area contributed by atoms with Crippen LogP contribution in [0.2, 0.25) is 0 Å². The Bertz CT molecular complexity index is 1100. The summed E-state index contributed by atoms with van der Waals surface area (Å²) in [5.74, 6) is 0.159. The molecule has 9 heteroatoms. The molecule has 0 saturated carbocycles. The van der Waals surface area contributed by atoms with Gasteiger partial charge in [0.25, 0.3) is 0 Å². The fraction of sp³-hybridized carbons (Fsp3) is 0.440. The van der Waals surface area contributed by atoms with E-state index in [2.05, 4.69) is 5.32 Å². The predicted octanol–water partition coefficient (Wildman–Crippen LogP) is 3.02. The first-order chi connectivity index (χ1) is 16.0. The molecule has 0 heterocycles. The Balaban J connectivity index is 2.18. The molecule has 8 nitrogen and oxygen atoms in total. The van der Waals surface area contributed by atoms with E-state index in [0.717, 1.165) is 22.9 Å². The normalized spacial score (nSPS) is 12.1. The summed E-state index contributed by atoms with van der Waals surface area (Å²) < 4.78 is 31.5. The van der Waals surface area contributed by atoms with Crippen LogP contribution in [0, 0.1) is 13.8 Å². The maximum atomic E-state index is 13.2. The second kappa shape index (κ2) is 11.9. The van der Waals surface area contributed by atoms with Crippen LogP contribution in [-0.4, -0.2) is 58.1 Å². The largest absolute Gasteiger partial charge is 0.497 e. The molecule has 2 aromatic rings. The number of aryl methyl sites for hydroxylation is 2. The van der Waals surface area contributed by atoms with Gasteiger partial charge in [-0.2, -0.15) is 0 Å². The summed E-state index contributed by atoms with van der Waals surface area (Å²) in [5.41, 5.74) is 3.34. The van der Waals surface area contributed by atoms with Gasteiger partial charge in [0.05, 0.1) is 19.1 Å². The third-order valence-electron chi connectivity index (χ3n) is 5.55. The fourth-order valence-corrected chi connectivity index (χ4v) is 4.81. The van der Waals surface area contributed by atoms with Gasteiger partial charge in [0.15, 0.2) is 0 Å².